The molecular formula is C27H28BrFN2O3. The molecule has 0 aliphatic heterocycles. The first-order valence-electron chi connectivity index (χ1n) is 11.2. The molecule has 0 fully saturated rings. The summed E-state index contributed by atoms with van der Waals surface area (Å²) in [4.78, 5) is 28.2. The number of ether oxygens (including phenoxy) is 1. The molecule has 1 N–H and O–H groups in total. The molecule has 1 atom stereocenters. The maximum atomic E-state index is 13.4. The maximum Gasteiger partial charge on any atom is 0.261 e. The zero-order valence-corrected chi connectivity index (χ0v) is 20.6. The number of rotatable bonds is 11. The van der Waals surface area contributed by atoms with Crippen LogP contribution in [-0.4, -0.2) is 35.9 Å². The van der Waals surface area contributed by atoms with Crippen molar-refractivity contribution in [2.45, 2.75) is 32.4 Å². The summed E-state index contributed by atoms with van der Waals surface area (Å²) in [6.45, 7) is 2.48. The van der Waals surface area contributed by atoms with Crippen LogP contribution in [-0.2, 0) is 22.6 Å². The fourth-order valence-electron chi connectivity index (χ4n) is 3.47. The highest BCUT2D eigenvalue weighted by molar-refractivity contribution is 9.10. The van der Waals surface area contributed by atoms with E-state index in [0.717, 1.165) is 22.0 Å². The molecule has 3 aromatic carbocycles. The monoisotopic (exact) mass is 526 g/mol. The van der Waals surface area contributed by atoms with E-state index < -0.39 is 6.04 Å². The number of hydrogen-bond acceptors (Lipinski definition) is 3. The largest absolute Gasteiger partial charge is 0.484 e. The quantitative estimate of drug-likeness (QED) is 0.376. The summed E-state index contributed by atoms with van der Waals surface area (Å²) in [6.07, 6.45) is 1.16. The number of nitrogens with zero attached hydrogens (tertiary/aromatic N) is 1. The minimum Gasteiger partial charge on any atom is -0.484 e. The number of nitrogens with one attached hydrogen (secondary N) is 1. The lowest BCUT2D eigenvalue weighted by Gasteiger charge is -2.31. The molecule has 34 heavy (non-hydrogen) atoms. The van der Waals surface area contributed by atoms with Crippen LogP contribution in [0.4, 0.5) is 4.39 Å². The SMILES string of the molecule is CCCNC(=O)[C@@H](Cc1ccccc1)N(Cc1ccc(Br)cc1)C(=O)COc1ccc(F)cc1. The Morgan fingerprint density at radius 2 is 1.65 bits per heavy atom. The molecule has 7 heteroatoms. The first kappa shape index (κ1) is 25.4. The van der Waals surface area contributed by atoms with E-state index in [2.05, 4.69) is 21.2 Å². The number of benzene rings is 3. The lowest BCUT2D eigenvalue weighted by Crippen LogP contribution is -2.51. The molecule has 0 saturated heterocycles. The summed E-state index contributed by atoms with van der Waals surface area (Å²) in [5.41, 5.74) is 1.84. The highest BCUT2D eigenvalue weighted by atomic mass is 79.9. The second-order valence-electron chi connectivity index (χ2n) is 7.89. The summed E-state index contributed by atoms with van der Waals surface area (Å²) < 4.78 is 19.8. The van der Waals surface area contributed by atoms with Gasteiger partial charge in [0.05, 0.1) is 0 Å². The average molecular weight is 527 g/mol. The van der Waals surface area contributed by atoms with Crippen molar-refractivity contribution >= 4 is 27.7 Å². The molecule has 3 rings (SSSR count). The Morgan fingerprint density at radius 1 is 0.971 bits per heavy atom. The first-order chi connectivity index (χ1) is 16.5. The Hall–Kier alpha value is -3.19. The van der Waals surface area contributed by atoms with Crippen LogP contribution in [0.5, 0.6) is 5.75 Å². The van der Waals surface area contributed by atoms with E-state index >= 15 is 0 Å². The van der Waals surface area contributed by atoms with Gasteiger partial charge < -0.3 is 15.0 Å². The van der Waals surface area contributed by atoms with Gasteiger partial charge in [-0.05, 0) is 53.9 Å². The number of halogens is 2. The lowest BCUT2D eigenvalue weighted by molar-refractivity contribution is -0.142. The van der Waals surface area contributed by atoms with Gasteiger partial charge in [-0.15, -0.1) is 0 Å². The summed E-state index contributed by atoms with van der Waals surface area (Å²) in [5.74, 6) is -0.544. The Morgan fingerprint density at radius 3 is 2.29 bits per heavy atom. The first-order valence-corrected chi connectivity index (χ1v) is 12.0. The lowest BCUT2D eigenvalue weighted by atomic mass is 10.0. The molecule has 5 nitrogen and oxygen atoms in total. The Kier molecular flexibility index (Phi) is 9.64. The van der Waals surface area contributed by atoms with E-state index in [-0.39, 0.29) is 30.8 Å². The third-order valence-electron chi connectivity index (χ3n) is 5.26. The summed E-state index contributed by atoms with van der Waals surface area (Å²) in [6, 6.07) is 22.0. The van der Waals surface area contributed by atoms with Crippen molar-refractivity contribution < 1.29 is 18.7 Å². The molecule has 178 valence electrons. The molecule has 0 unspecified atom stereocenters. The molecule has 0 saturated carbocycles. The van der Waals surface area contributed by atoms with Crippen molar-refractivity contribution in [2.24, 2.45) is 0 Å². The van der Waals surface area contributed by atoms with Gasteiger partial charge >= 0.3 is 0 Å². The zero-order valence-electron chi connectivity index (χ0n) is 19.0. The van der Waals surface area contributed by atoms with Crippen LogP contribution >= 0.6 is 15.9 Å². The Balaban J connectivity index is 1.87. The third kappa shape index (κ3) is 7.70. The Labute approximate surface area is 208 Å². The maximum absolute atomic E-state index is 13.4. The zero-order chi connectivity index (χ0) is 24.3. The molecule has 3 aromatic rings. The van der Waals surface area contributed by atoms with Crippen LogP contribution in [0.15, 0.2) is 83.3 Å². The fourth-order valence-corrected chi connectivity index (χ4v) is 3.73. The van der Waals surface area contributed by atoms with Gasteiger partial charge in [0.25, 0.3) is 5.91 Å². The Bertz CT molecular complexity index is 1060. The molecule has 0 aliphatic rings. The van der Waals surface area contributed by atoms with E-state index in [1.807, 2.05) is 61.5 Å². The van der Waals surface area contributed by atoms with Crippen molar-refractivity contribution in [3.8, 4) is 5.75 Å². The van der Waals surface area contributed by atoms with Gasteiger partial charge in [0.15, 0.2) is 6.61 Å². The van der Waals surface area contributed by atoms with Crippen LogP contribution in [0.2, 0.25) is 0 Å². The van der Waals surface area contributed by atoms with Crippen LogP contribution in [0, 0.1) is 5.82 Å². The molecule has 0 radical (unpaired) electrons. The van der Waals surface area contributed by atoms with Gasteiger partial charge in [0.2, 0.25) is 5.91 Å². The normalized spacial score (nSPS) is 11.5. The number of hydrogen-bond donors (Lipinski definition) is 1. The topological polar surface area (TPSA) is 58.6 Å². The second-order valence-corrected chi connectivity index (χ2v) is 8.80. The van der Waals surface area contributed by atoms with Gasteiger partial charge in [-0.2, -0.15) is 0 Å². The molecule has 0 bridgehead atoms. The van der Waals surface area contributed by atoms with Gasteiger partial charge in [-0.3, -0.25) is 9.59 Å². The van der Waals surface area contributed by atoms with Crippen molar-refractivity contribution in [2.75, 3.05) is 13.2 Å². The van der Waals surface area contributed by atoms with E-state index in [0.29, 0.717) is 18.7 Å². The summed E-state index contributed by atoms with van der Waals surface area (Å²) in [5, 5.41) is 2.94. The summed E-state index contributed by atoms with van der Waals surface area (Å²) >= 11 is 3.43. The molecule has 0 aromatic heterocycles. The molecule has 2 amide bonds. The van der Waals surface area contributed by atoms with Crippen LogP contribution in [0.3, 0.4) is 0 Å². The minimum atomic E-state index is -0.720. The van der Waals surface area contributed by atoms with E-state index in [1.54, 1.807) is 4.90 Å². The van der Waals surface area contributed by atoms with Gasteiger partial charge in [-0.1, -0.05) is 65.3 Å². The van der Waals surface area contributed by atoms with Crippen LogP contribution < -0.4 is 10.1 Å². The number of carbonyl (C=O) groups excluding carboxylic acids is 2. The van der Waals surface area contributed by atoms with Crippen molar-refractivity contribution in [1.82, 2.24) is 10.2 Å². The number of carbonyl (C=O) groups is 2. The molecule has 0 heterocycles. The highest BCUT2D eigenvalue weighted by Crippen LogP contribution is 2.18. The van der Waals surface area contributed by atoms with Gasteiger partial charge in [0, 0.05) is 24.0 Å². The number of amides is 2. The third-order valence-corrected chi connectivity index (χ3v) is 5.79. The van der Waals surface area contributed by atoms with Gasteiger partial charge in [-0.25, -0.2) is 4.39 Å². The van der Waals surface area contributed by atoms with Crippen LogP contribution in [0.25, 0.3) is 0 Å². The summed E-state index contributed by atoms with van der Waals surface area (Å²) in [7, 11) is 0. The smallest absolute Gasteiger partial charge is 0.261 e. The molecular weight excluding hydrogens is 499 g/mol. The fraction of sp³-hybridized carbons (Fsp3) is 0.259. The van der Waals surface area contributed by atoms with E-state index in [4.69, 9.17) is 4.74 Å². The minimum absolute atomic E-state index is 0.210. The average Bonchev–Trinajstić information content (AvgIpc) is 2.86. The highest BCUT2D eigenvalue weighted by Gasteiger charge is 2.30. The standard InChI is InChI=1S/C27H28BrFN2O3/c1-2-16-30-27(33)25(17-20-6-4-3-5-7-20)31(18-21-8-10-22(28)11-9-21)26(32)19-34-24-14-12-23(29)13-15-24/h3-15,25H,2,16-19H2,1H3,(H,30,33)/t25-/m1/s1. The van der Waals surface area contributed by atoms with E-state index in [9.17, 15) is 14.0 Å². The van der Waals surface area contributed by atoms with Crippen molar-refractivity contribution in [3.05, 3.63) is 100 Å². The van der Waals surface area contributed by atoms with Crippen LogP contribution in [0.1, 0.15) is 24.5 Å². The second kappa shape index (κ2) is 12.9. The van der Waals surface area contributed by atoms with Crippen molar-refractivity contribution in [1.29, 1.82) is 0 Å². The molecule has 0 aliphatic carbocycles. The van der Waals surface area contributed by atoms with Gasteiger partial charge in [0.1, 0.15) is 17.6 Å². The van der Waals surface area contributed by atoms with Crippen molar-refractivity contribution in [3.63, 3.8) is 0 Å². The molecule has 0 spiro atoms. The predicted octanol–water partition coefficient (Wildman–Crippen LogP) is 5.13. The van der Waals surface area contributed by atoms with E-state index in [1.165, 1.54) is 24.3 Å². The predicted molar refractivity (Wildman–Crippen MR) is 134 cm³/mol.